The third-order valence-corrected chi connectivity index (χ3v) is 3.94. The van der Waals surface area contributed by atoms with Gasteiger partial charge in [0.1, 0.15) is 11.5 Å². The third-order valence-electron chi connectivity index (χ3n) is 3.94. The van der Waals surface area contributed by atoms with Crippen molar-refractivity contribution in [3.63, 3.8) is 0 Å². The number of unbranched alkanes of at least 4 members (excludes halogenated alkanes) is 4. The molecule has 0 saturated heterocycles. The molecule has 1 aromatic rings. The Bertz CT molecular complexity index is 582. The molecule has 0 saturated carbocycles. The Morgan fingerprint density at radius 2 is 1.81 bits per heavy atom. The number of methoxy groups -OCH3 is 1. The van der Waals surface area contributed by atoms with Gasteiger partial charge in [-0.15, -0.1) is 0 Å². The van der Waals surface area contributed by atoms with Crippen molar-refractivity contribution in [1.29, 1.82) is 0 Å². The second kappa shape index (κ2) is 12.3. The van der Waals surface area contributed by atoms with Crippen molar-refractivity contribution in [2.24, 2.45) is 0 Å². The lowest BCUT2D eigenvalue weighted by molar-refractivity contribution is -0.142. The number of aromatic hydroxyl groups is 1. The Labute approximate surface area is 155 Å². The molecule has 146 valence electrons. The zero-order valence-corrected chi connectivity index (χ0v) is 16.0. The summed E-state index contributed by atoms with van der Waals surface area (Å²) in [6.45, 7) is 4.11. The van der Waals surface area contributed by atoms with Gasteiger partial charge in [0.25, 0.3) is 0 Å². The Kier molecular flexibility index (Phi) is 10.4. The van der Waals surface area contributed by atoms with E-state index in [1.807, 2.05) is 0 Å². The van der Waals surface area contributed by atoms with Crippen LogP contribution in [0.3, 0.4) is 0 Å². The van der Waals surface area contributed by atoms with Crippen molar-refractivity contribution in [1.82, 2.24) is 0 Å². The lowest BCUT2D eigenvalue weighted by atomic mass is 9.96. The second-order valence-corrected chi connectivity index (χ2v) is 6.10. The molecule has 0 atom stereocenters. The Balaban J connectivity index is 2.94. The molecule has 0 heterocycles. The summed E-state index contributed by atoms with van der Waals surface area (Å²) in [5.41, 5.74) is 0.589. The van der Waals surface area contributed by atoms with Crippen LogP contribution in [-0.2, 0) is 20.7 Å². The van der Waals surface area contributed by atoms with Gasteiger partial charge in [-0.1, -0.05) is 32.6 Å². The number of rotatable bonds is 13. The number of Topliss-reactive ketones (excluding diaryl/α,β-unsaturated/α-hetero) is 1. The van der Waals surface area contributed by atoms with E-state index in [-0.39, 0.29) is 36.9 Å². The Hall–Kier alpha value is -2.08. The van der Waals surface area contributed by atoms with Crippen LogP contribution in [0.4, 0.5) is 0 Å². The predicted molar refractivity (Wildman–Crippen MR) is 98.7 cm³/mol. The number of carbonyl (C=O) groups is 2. The van der Waals surface area contributed by atoms with E-state index in [0.717, 1.165) is 32.1 Å². The van der Waals surface area contributed by atoms with E-state index in [9.17, 15) is 14.7 Å². The summed E-state index contributed by atoms with van der Waals surface area (Å²) in [5, 5.41) is 10.3. The van der Waals surface area contributed by atoms with Gasteiger partial charge in [-0.2, -0.15) is 0 Å². The van der Waals surface area contributed by atoms with Crippen LogP contribution in [0.15, 0.2) is 12.1 Å². The first-order valence-electron chi connectivity index (χ1n) is 9.19. The molecule has 0 bridgehead atoms. The van der Waals surface area contributed by atoms with Crippen molar-refractivity contribution >= 4 is 11.8 Å². The molecule has 26 heavy (non-hydrogen) atoms. The number of carbonyl (C=O) groups excluding carboxylic acids is 2. The average Bonchev–Trinajstić information content (AvgIpc) is 2.59. The summed E-state index contributed by atoms with van der Waals surface area (Å²) in [5.74, 6) is -0.469. The number of esters is 1. The van der Waals surface area contributed by atoms with Crippen molar-refractivity contribution in [2.75, 3.05) is 20.5 Å². The van der Waals surface area contributed by atoms with Gasteiger partial charge >= 0.3 is 5.97 Å². The minimum atomic E-state index is -0.451. The highest BCUT2D eigenvalue weighted by molar-refractivity contribution is 6.01. The normalized spacial score (nSPS) is 10.6. The van der Waals surface area contributed by atoms with Crippen LogP contribution < -0.4 is 4.74 Å². The lowest BCUT2D eigenvalue weighted by Crippen LogP contribution is -2.13. The van der Waals surface area contributed by atoms with Gasteiger partial charge in [-0.25, -0.2) is 0 Å². The number of hydrogen-bond acceptors (Lipinski definition) is 6. The number of benzene rings is 1. The van der Waals surface area contributed by atoms with Crippen LogP contribution in [0, 0.1) is 0 Å². The first-order valence-corrected chi connectivity index (χ1v) is 9.19. The lowest BCUT2D eigenvalue weighted by Gasteiger charge is -2.14. The number of phenolic OH excluding ortho intramolecular Hbond substituents is 1. The van der Waals surface area contributed by atoms with Crippen molar-refractivity contribution in [3.8, 4) is 11.5 Å². The molecular weight excluding hydrogens is 336 g/mol. The van der Waals surface area contributed by atoms with E-state index in [0.29, 0.717) is 17.7 Å². The molecule has 0 fully saturated rings. The fourth-order valence-corrected chi connectivity index (χ4v) is 2.71. The Morgan fingerprint density at radius 3 is 2.46 bits per heavy atom. The highest BCUT2D eigenvalue weighted by atomic mass is 16.7. The van der Waals surface area contributed by atoms with E-state index in [4.69, 9.17) is 14.2 Å². The molecule has 0 aliphatic heterocycles. The maximum atomic E-state index is 12.6. The van der Waals surface area contributed by atoms with Crippen LogP contribution in [-0.4, -0.2) is 37.4 Å². The molecule has 0 spiro atoms. The molecule has 0 aliphatic rings. The standard InChI is InChI=1S/C20H30O6/c1-4-6-7-8-9-10-17(21)20-15(12-19(23)25-5-2)11-16(13-18(20)22)26-14-24-3/h11,13,22H,4-10,12,14H2,1-3H3. The maximum Gasteiger partial charge on any atom is 0.310 e. The summed E-state index contributed by atoms with van der Waals surface area (Å²) >= 11 is 0. The van der Waals surface area contributed by atoms with Gasteiger partial charge in [-0.3, -0.25) is 9.59 Å². The van der Waals surface area contributed by atoms with E-state index >= 15 is 0 Å². The summed E-state index contributed by atoms with van der Waals surface area (Å²) in [6.07, 6.45) is 5.37. The zero-order chi connectivity index (χ0) is 19.4. The molecule has 1 rings (SSSR count). The van der Waals surface area contributed by atoms with Gasteiger partial charge in [0, 0.05) is 19.6 Å². The van der Waals surface area contributed by atoms with Crippen LogP contribution in [0.5, 0.6) is 11.5 Å². The summed E-state index contributed by atoms with van der Waals surface area (Å²) < 4.78 is 15.1. The van der Waals surface area contributed by atoms with Gasteiger partial charge < -0.3 is 19.3 Å². The largest absolute Gasteiger partial charge is 0.507 e. The molecule has 0 radical (unpaired) electrons. The molecule has 0 amide bonds. The smallest absolute Gasteiger partial charge is 0.310 e. The molecular formula is C20H30O6. The van der Waals surface area contributed by atoms with Crippen LogP contribution >= 0.6 is 0 Å². The van der Waals surface area contributed by atoms with Crippen LogP contribution in [0.2, 0.25) is 0 Å². The highest BCUT2D eigenvalue weighted by Crippen LogP contribution is 2.30. The number of phenols is 1. The quantitative estimate of drug-likeness (QED) is 0.246. The third kappa shape index (κ3) is 7.44. The Morgan fingerprint density at radius 1 is 1.08 bits per heavy atom. The van der Waals surface area contributed by atoms with Gasteiger partial charge in [0.15, 0.2) is 12.6 Å². The van der Waals surface area contributed by atoms with E-state index in [2.05, 4.69) is 6.92 Å². The minimum Gasteiger partial charge on any atom is -0.507 e. The number of ether oxygens (including phenoxy) is 3. The SMILES string of the molecule is CCCCCCCC(=O)c1c(O)cc(OCOC)cc1CC(=O)OCC. The summed E-state index contributed by atoms with van der Waals surface area (Å²) in [7, 11) is 1.48. The fraction of sp³-hybridized carbons (Fsp3) is 0.600. The van der Waals surface area contributed by atoms with Gasteiger partial charge in [0.05, 0.1) is 18.6 Å². The summed E-state index contributed by atoms with van der Waals surface area (Å²) in [4.78, 5) is 24.5. The molecule has 6 nitrogen and oxygen atoms in total. The number of ketones is 1. The van der Waals surface area contributed by atoms with Crippen molar-refractivity contribution in [2.45, 2.75) is 58.8 Å². The van der Waals surface area contributed by atoms with Crippen molar-refractivity contribution < 1.29 is 28.9 Å². The monoisotopic (exact) mass is 366 g/mol. The van der Waals surface area contributed by atoms with Crippen LogP contribution in [0.1, 0.15) is 68.3 Å². The first kappa shape index (κ1) is 22.0. The molecule has 6 heteroatoms. The van der Waals surface area contributed by atoms with Gasteiger partial charge in [0.2, 0.25) is 0 Å². The maximum absolute atomic E-state index is 12.6. The van der Waals surface area contributed by atoms with Crippen LogP contribution in [0.25, 0.3) is 0 Å². The number of hydrogen-bond donors (Lipinski definition) is 1. The highest BCUT2D eigenvalue weighted by Gasteiger charge is 2.20. The first-order chi connectivity index (χ1) is 12.5. The minimum absolute atomic E-state index is 0.00298. The van der Waals surface area contributed by atoms with E-state index < -0.39 is 5.97 Å². The molecule has 0 aliphatic carbocycles. The fourth-order valence-electron chi connectivity index (χ4n) is 2.71. The zero-order valence-electron chi connectivity index (χ0n) is 16.0. The summed E-state index contributed by atoms with van der Waals surface area (Å²) in [6, 6.07) is 2.96. The van der Waals surface area contributed by atoms with E-state index in [1.165, 1.54) is 13.2 Å². The van der Waals surface area contributed by atoms with Crippen molar-refractivity contribution in [3.05, 3.63) is 23.3 Å². The van der Waals surface area contributed by atoms with Gasteiger partial charge in [-0.05, 0) is 25.0 Å². The molecule has 0 unspecified atom stereocenters. The average molecular weight is 366 g/mol. The molecule has 0 aromatic heterocycles. The molecule has 1 N–H and O–H groups in total. The molecule has 1 aromatic carbocycles. The van der Waals surface area contributed by atoms with E-state index in [1.54, 1.807) is 13.0 Å². The topological polar surface area (TPSA) is 82.1 Å². The predicted octanol–water partition coefficient (Wildman–Crippen LogP) is 4.02. The second-order valence-electron chi connectivity index (χ2n) is 6.10.